The minimum absolute atomic E-state index is 0.0836. The zero-order valence-corrected chi connectivity index (χ0v) is 27.6. The van der Waals surface area contributed by atoms with Crippen LogP contribution in [0.3, 0.4) is 0 Å². The first-order valence-electron chi connectivity index (χ1n) is 16.2. The summed E-state index contributed by atoms with van der Waals surface area (Å²) in [5.41, 5.74) is 7.76. The average molecular weight is 642 g/mol. The maximum atomic E-state index is 12.5. The normalized spacial score (nSPS) is 11.3. The number of rotatable bonds is 10. The first kappa shape index (κ1) is 31.4. The first-order valence-corrected chi connectivity index (χ1v) is 16.2. The summed E-state index contributed by atoms with van der Waals surface area (Å²) in [6.07, 6.45) is 0. The summed E-state index contributed by atoms with van der Waals surface area (Å²) < 4.78 is 6.29. The summed E-state index contributed by atoms with van der Waals surface area (Å²) >= 11 is 0. The van der Waals surface area contributed by atoms with Crippen molar-refractivity contribution in [3.63, 3.8) is 0 Å². The summed E-state index contributed by atoms with van der Waals surface area (Å²) in [5.74, 6) is 0.918. The van der Waals surface area contributed by atoms with Gasteiger partial charge in [0.15, 0.2) is 11.3 Å². The number of carbonyl (C=O) groups excluding carboxylic acids is 1. The van der Waals surface area contributed by atoms with Crippen molar-refractivity contribution in [2.24, 2.45) is 0 Å². The van der Waals surface area contributed by atoms with Gasteiger partial charge in [-0.25, -0.2) is 0 Å². The number of pyridine rings is 1. The second-order valence-electron chi connectivity index (χ2n) is 12.0. The highest BCUT2D eigenvalue weighted by Crippen LogP contribution is 2.40. The molecule has 0 N–H and O–H groups in total. The van der Waals surface area contributed by atoms with Crippen LogP contribution < -0.4 is 4.74 Å². The number of Topliss-reactive ketones (excluding diaryl/α,β-unsaturated/α-hetero) is 1. The molecule has 7 rings (SSSR count). The number of tetrazole rings is 1. The van der Waals surface area contributed by atoms with Crippen molar-refractivity contribution in [2.75, 3.05) is 0 Å². The molecule has 0 aliphatic rings. The van der Waals surface area contributed by atoms with Gasteiger partial charge in [0.1, 0.15) is 12.4 Å². The van der Waals surface area contributed by atoms with Crippen molar-refractivity contribution in [3.05, 3.63) is 185 Å². The number of hydrogen-bond acceptors (Lipinski definition) is 6. The van der Waals surface area contributed by atoms with Gasteiger partial charge in [-0.05, 0) is 65.4 Å². The van der Waals surface area contributed by atoms with Gasteiger partial charge < -0.3 is 4.74 Å². The van der Waals surface area contributed by atoms with Crippen LogP contribution in [-0.4, -0.2) is 31.0 Å². The van der Waals surface area contributed by atoms with E-state index in [0.717, 1.165) is 44.6 Å². The SMILES string of the molecule is CC(=O)c1c(OCc2ccc(-c3ccccc3)c(-c3nnn(C(c4ccccc4)(c4ccccc4)c4ccccc4)n3)c2)cc(C)nc1C. The van der Waals surface area contributed by atoms with E-state index >= 15 is 0 Å². The molecular weight excluding hydrogens is 606 g/mol. The van der Waals surface area contributed by atoms with E-state index in [4.69, 9.17) is 20.1 Å². The predicted molar refractivity (Wildman–Crippen MR) is 191 cm³/mol. The van der Waals surface area contributed by atoms with E-state index in [-0.39, 0.29) is 12.4 Å². The van der Waals surface area contributed by atoms with Crippen LogP contribution in [-0.2, 0) is 12.1 Å². The summed E-state index contributed by atoms with van der Waals surface area (Å²) in [6, 6.07) is 49.0. The Bertz CT molecular complexity index is 2120. The topological polar surface area (TPSA) is 82.8 Å². The molecule has 7 nitrogen and oxygen atoms in total. The summed E-state index contributed by atoms with van der Waals surface area (Å²) in [7, 11) is 0. The lowest BCUT2D eigenvalue weighted by Crippen LogP contribution is -2.39. The second-order valence-corrected chi connectivity index (χ2v) is 12.0. The van der Waals surface area contributed by atoms with Crippen molar-refractivity contribution < 1.29 is 9.53 Å². The fourth-order valence-electron chi connectivity index (χ4n) is 6.58. The van der Waals surface area contributed by atoms with E-state index in [1.54, 1.807) is 4.80 Å². The molecule has 0 saturated carbocycles. The Labute approximate surface area is 285 Å². The Morgan fingerprint density at radius 3 is 1.80 bits per heavy atom. The number of ether oxygens (including phenoxy) is 1. The highest BCUT2D eigenvalue weighted by Gasteiger charge is 2.41. The number of ketones is 1. The highest BCUT2D eigenvalue weighted by atomic mass is 16.5. The second kappa shape index (κ2) is 13.5. The van der Waals surface area contributed by atoms with E-state index in [1.807, 2.05) is 105 Å². The van der Waals surface area contributed by atoms with Crippen molar-refractivity contribution in [1.29, 1.82) is 0 Å². The number of aromatic nitrogens is 5. The number of nitrogens with zero attached hydrogens (tertiary/aromatic N) is 5. The van der Waals surface area contributed by atoms with Gasteiger partial charge in [-0.3, -0.25) is 9.78 Å². The molecule has 240 valence electrons. The zero-order chi connectivity index (χ0) is 33.8. The van der Waals surface area contributed by atoms with Crippen molar-refractivity contribution in [3.8, 4) is 28.3 Å². The van der Waals surface area contributed by atoms with Crippen LogP contribution in [0.4, 0.5) is 0 Å². The fraction of sp³-hybridized carbons (Fsp3) is 0.119. The number of carbonyl (C=O) groups is 1. The van der Waals surface area contributed by atoms with Gasteiger partial charge in [0.05, 0.1) is 11.3 Å². The molecule has 2 aromatic heterocycles. The van der Waals surface area contributed by atoms with E-state index in [0.29, 0.717) is 22.8 Å². The molecule has 5 aromatic carbocycles. The van der Waals surface area contributed by atoms with E-state index in [1.165, 1.54) is 6.92 Å². The molecule has 0 aliphatic heterocycles. The Kier molecular flexibility index (Phi) is 8.64. The Balaban J connectivity index is 1.38. The van der Waals surface area contributed by atoms with Gasteiger partial charge in [0.25, 0.3) is 0 Å². The monoisotopic (exact) mass is 641 g/mol. The lowest BCUT2D eigenvalue weighted by Gasteiger charge is -2.34. The molecule has 0 radical (unpaired) electrons. The third kappa shape index (κ3) is 6.03. The van der Waals surface area contributed by atoms with Crippen LogP contribution in [0.1, 0.15) is 50.9 Å². The summed E-state index contributed by atoms with van der Waals surface area (Å²) in [4.78, 5) is 18.7. The molecule has 0 spiro atoms. The Morgan fingerprint density at radius 1 is 0.694 bits per heavy atom. The minimum Gasteiger partial charge on any atom is -0.488 e. The molecular formula is C42H35N5O2. The molecule has 0 saturated heterocycles. The summed E-state index contributed by atoms with van der Waals surface area (Å²) in [5, 5.41) is 14.7. The van der Waals surface area contributed by atoms with Crippen molar-refractivity contribution >= 4 is 5.78 Å². The third-order valence-electron chi connectivity index (χ3n) is 8.74. The minimum atomic E-state index is -0.900. The van der Waals surface area contributed by atoms with Crippen LogP contribution in [0.15, 0.2) is 146 Å². The number of hydrogen-bond donors (Lipinski definition) is 0. The largest absolute Gasteiger partial charge is 0.488 e. The average Bonchev–Trinajstić information content (AvgIpc) is 3.63. The van der Waals surface area contributed by atoms with Gasteiger partial charge in [0, 0.05) is 17.3 Å². The van der Waals surface area contributed by atoms with Gasteiger partial charge in [-0.2, -0.15) is 0 Å². The van der Waals surface area contributed by atoms with Crippen LogP contribution in [0.25, 0.3) is 22.5 Å². The molecule has 2 heterocycles. The molecule has 0 bridgehead atoms. The van der Waals surface area contributed by atoms with E-state index < -0.39 is 5.54 Å². The molecule has 49 heavy (non-hydrogen) atoms. The van der Waals surface area contributed by atoms with E-state index in [2.05, 4.69) is 59.6 Å². The molecule has 0 amide bonds. The van der Waals surface area contributed by atoms with Gasteiger partial charge in [-0.15, -0.1) is 15.0 Å². The smallest absolute Gasteiger partial charge is 0.205 e. The number of aryl methyl sites for hydroxylation is 2. The number of benzene rings is 5. The Morgan fingerprint density at radius 2 is 1.24 bits per heavy atom. The molecule has 0 fully saturated rings. The zero-order valence-electron chi connectivity index (χ0n) is 27.6. The quantitative estimate of drug-likeness (QED) is 0.110. The van der Waals surface area contributed by atoms with Crippen LogP contribution in [0.5, 0.6) is 5.75 Å². The third-order valence-corrected chi connectivity index (χ3v) is 8.74. The van der Waals surface area contributed by atoms with E-state index in [9.17, 15) is 4.79 Å². The van der Waals surface area contributed by atoms with Crippen LogP contribution in [0, 0.1) is 13.8 Å². The molecule has 0 unspecified atom stereocenters. The van der Waals surface area contributed by atoms with Gasteiger partial charge in [-0.1, -0.05) is 133 Å². The molecule has 0 atom stereocenters. The highest BCUT2D eigenvalue weighted by molar-refractivity contribution is 5.97. The maximum absolute atomic E-state index is 12.5. The predicted octanol–water partition coefficient (Wildman–Crippen LogP) is 8.64. The Hall–Kier alpha value is -6.21. The summed E-state index contributed by atoms with van der Waals surface area (Å²) in [6.45, 7) is 5.50. The van der Waals surface area contributed by atoms with Gasteiger partial charge in [0.2, 0.25) is 5.82 Å². The fourth-order valence-corrected chi connectivity index (χ4v) is 6.58. The lowest BCUT2D eigenvalue weighted by atomic mass is 9.77. The van der Waals surface area contributed by atoms with Crippen LogP contribution >= 0.6 is 0 Å². The van der Waals surface area contributed by atoms with Crippen molar-refractivity contribution in [1.82, 2.24) is 25.2 Å². The van der Waals surface area contributed by atoms with Crippen molar-refractivity contribution in [2.45, 2.75) is 32.9 Å². The molecule has 7 aromatic rings. The first-order chi connectivity index (χ1) is 23.9. The maximum Gasteiger partial charge on any atom is 0.205 e. The van der Waals surface area contributed by atoms with Gasteiger partial charge >= 0.3 is 0 Å². The standard InChI is InChI=1S/C42H35N5O2/c1-29-26-39(40(31(3)48)30(2)43-29)49-28-32-24-25-37(33-16-8-4-9-17-33)38(27-32)41-44-46-47(45-41)42(34-18-10-5-11-19-34,35-20-12-6-13-21-35)36-22-14-7-15-23-36/h4-27H,28H2,1-3H3. The lowest BCUT2D eigenvalue weighted by molar-refractivity contribution is 0.101. The molecule has 0 aliphatic carbocycles. The van der Waals surface area contributed by atoms with Crippen LogP contribution in [0.2, 0.25) is 0 Å². The molecule has 7 heteroatoms.